The van der Waals surface area contributed by atoms with Crippen LogP contribution in [0.15, 0.2) is 36.4 Å². The molecule has 1 N–H and O–H groups in total. The minimum absolute atomic E-state index is 0.0593. The summed E-state index contributed by atoms with van der Waals surface area (Å²) in [5, 5.41) is 4.03. The lowest BCUT2D eigenvalue weighted by molar-refractivity contribution is -0.118. The summed E-state index contributed by atoms with van der Waals surface area (Å²) >= 11 is 7.50. The Morgan fingerprint density at radius 2 is 1.89 bits per heavy atom. The Morgan fingerprint density at radius 3 is 2.63 bits per heavy atom. The zero-order valence-electron chi connectivity index (χ0n) is 15.7. The average Bonchev–Trinajstić information content (AvgIpc) is 2.98. The highest BCUT2D eigenvalue weighted by molar-refractivity contribution is 7.16. The number of aromatic nitrogens is 1. The lowest BCUT2D eigenvalue weighted by Gasteiger charge is -2.13. The molecular weight excluding hydrogens is 380 g/mol. The van der Waals surface area contributed by atoms with Gasteiger partial charge in [0, 0.05) is 15.5 Å². The topological polar surface area (TPSA) is 51.2 Å². The van der Waals surface area contributed by atoms with Crippen LogP contribution < -0.4 is 10.1 Å². The summed E-state index contributed by atoms with van der Waals surface area (Å²) in [6, 6.07) is 11.6. The maximum atomic E-state index is 12.3. The van der Waals surface area contributed by atoms with E-state index in [0.29, 0.717) is 10.2 Å². The van der Waals surface area contributed by atoms with Crippen molar-refractivity contribution in [3.8, 4) is 17.0 Å². The molecule has 0 bridgehead atoms. The summed E-state index contributed by atoms with van der Waals surface area (Å²) in [7, 11) is 0. The Hall–Kier alpha value is -2.37. The van der Waals surface area contributed by atoms with Crippen LogP contribution in [0.1, 0.15) is 21.6 Å². The van der Waals surface area contributed by atoms with E-state index in [1.54, 1.807) is 0 Å². The molecule has 3 rings (SSSR count). The molecule has 0 aliphatic heterocycles. The van der Waals surface area contributed by atoms with Crippen molar-refractivity contribution >= 4 is 34.0 Å². The number of nitrogens with one attached hydrogen (secondary N) is 1. The number of hydrogen-bond acceptors (Lipinski definition) is 4. The molecule has 0 spiro atoms. The van der Waals surface area contributed by atoms with Gasteiger partial charge in [0.2, 0.25) is 0 Å². The SMILES string of the molecule is Cc1ccc(C)c(OCC(=O)Nc2nc(-c3cccc(Cl)c3)c(C)s2)c1C. The lowest BCUT2D eigenvalue weighted by Crippen LogP contribution is -2.20. The van der Waals surface area contributed by atoms with Gasteiger partial charge in [-0.1, -0.05) is 35.9 Å². The minimum Gasteiger partial charge on any atom is -0.483 e. The Balaban J connectivity index is 1.69. The van der Waals surface area contributed by atoms with Gasteiger partial charge in [-0.3, -0.25) is 10.1 Å². The predicted molar refractivity (Wildman–Crippen MR) is 112 cm³/mol. The first-order valence-electron chi connectivity index (χ1n) is 8.58. The van der Waals surface area contributed by atoms with Gasteiger partial charge in [-0.2, -0.15) is 0 Å². The summed E-state index contributed by atoms with van der Waals surface area (Å²) < 4.78 is 5.77. The summed E-state index contributed by atoms with van der Waals surface area (Å²) in [6.45, 7) is 7.91. The second-order valence-electron chi connectivity index (χ2n) is 6.42. The van der Waals surface area contributed by atoms with Crippen molar-refractivity contribution in [1.29, 1.82) is 0 Å². The van der Waals surface area contributed by atoms with Crippen LogP contribution in [-0.4, -0.2) is 17.5 Å². The van der Waals surface area contributed by atoms with Gasteiger partial charge in [-0.25, -0.2) is 4.98 Å². The van der Waals surface area contributed by atoms with Crippen molar-refractivity contribution < 1.29 is 9.53 Å². The van der Waals surface area contributed by atoms with E-state index in [0.717, 1.165) is 38.6 Å². The zero-order valence-corrected chi connectivity index (χ0v) is 17.3. The lowest BCUT2D eigenvalue weighted by atomic mass is 10.1. The molecule has 0 fully saturated rings. The van der Waals surface area contributed by atoms with Crippen LogP contribution in [0, 0.1) is 27.7 Å². The Bertz CT molecular complexity index is 998. The van der Waals surface area contributed by atoms with Gasteiger partial charge < -0.3 is 4.74 Å². The molecule has 4 nitrogen and oxygen atoms in total. The number of nitrogens with zero attached hydrogens (tertiary/aromatic N) is 1. The van der Waals surface area contributed by atoms with E-state index < -0.39 is 0 Å². The van der Waals surface area contributed by atoms with Crippen LogP contribution in [0.25, 0.3) is 11.3 Å². The third kappa shape index (κ3) is 4.49. The molecule has 0 saturated heterocycles. The molecule has 0 unspecified atom stereocenters. The highest BCUT2D eigenvalue weighted by Crippen LogP contribution is 2.31. The van der Waals surface area contributed by atoms with E-state index in [-0.39, 0.29) is 12.5 Å². The number of aryl methyl sites for hydroxylation is 3. The number of rotatable bonds is 5. The molecular formula is C21H21ClN2O2S. The number of halogens is 1. The summed E-state index contributed by atoms with van der Waals surface area (Å²) in [4.78, 5) is 17.9. The molecule has 6 heteroatoms. The van der Waals surface area contributed by atoms with E-state index >= 15 is 0 Å². The van der Waals surface area contributed by atoms with Crippen LogP contribution in [-0.2, 0) is 4.79 Å². The monoisotopic (exact) mass is 400 g/mol. The van der Waals surface area contributed by atoms with Gasteiger partial charge in [-0.05, 0) is 56.5 Å². The van der Waals surface area contributed by atoms with Crippen molar-refractivity contribution in [1.82, 2.24) is 4.98 Å². The van der Waals surface area contributed by atoms with Crippen LogP contribution in [0.3, 0.4) is 0 Å². The number of amides is 1. The minimum atomic E-state index is -0.235. The van der Waals surface area contributed by atoms with Gasteiger partial charge in [0.15, 0.2) is 11.7 Å². The van der Waals surface area contributed by atoms with Crippen molar-refractivity contribution in [2.75, 3.05) is 11.9 Å². The summed E-state index contributed by atoms with van der Waals surface area (Å²) in [6.07, 6.45) is 0. The predicted octanol–water partition coefficient (Wildman–Crippen LogP) is 5.71. The number of carbonyl (C=O) groups excluding carboxylic acids is 1. The molecule has 1 heterocycles. The molecule has 3 aromatic rings. The smallest absolute Gasteiger partial charge is 0.264 e. The average molecular weight is 401 g/mol. The van der Waals surface area contributed by atoms with Crippen molar-refractivity contribution in [3.05, 3.63) is 63.0 Å². The van der Waals surface area contributed by atoms with E-state index in [1.807, 2.05) is 64.1 Å². The maximum absolute atomic E-state index is 12.3. The molecule has 1 amide bonds. The first kappa shape index (κ1) is 19.4. The Labute approximate surface area is 168 Å². The number of benzene rings is 2. The zero-order chi connectivity index (χ0) is 19.6. The van der Waals surface area contributed by atoms with Crippen molar-refractivity contribution in [2.45, 2.75) is 27.7 Å². The number of thiazole rings is 1. The number of hydrogen-bond donors (Lipinski definition) is 1. The Morgan fingerprint density at radius 1 is 1.15 bits per heavy atom. The van der Waals surface area contributed by atoms with Crippen LogP contribution in [0.5, 0.6) is 5.75 Å². The van der Waals surface area contributed by atoms with Crippen LogP contribution in [0.2, 0.25) is 5.02 Å². The maximum Gasteiger partial charge on any atom is 0.264 e. The van der Waals surface area contributed by atoms with E-state index in [2.05, 4.69) is 10.3 Å². The molecule has 1 aromatic heterocycles. The normalized spacial score (nSPS) is 10.7. The van der Waals surface area contributed by atoms with Crippen LogP contribution in [0.4, 0.5) is 5.13 Å². The molecule has 27 heavy (non-hydrogen) atoms. The second kappa shape index (κ2) is 8.11. The van der Waals surface area contributed by atoms with E-state index in [1.165, 1.54) is 11.3 Å². The first-order valence-corrected chi connectivity index (χ1v) is 9.77. The molecule has 0 aliphatic carbocycles. The van der Waals surface area contributed by atoms with Crippen LogP contribution >= 0.6 is 22.9 Å². The molecule has 0 saturated carbocycles. The molecule has 0 atom stereocenters. The van der Waals surface area contributed by atoms with Crippen molar-refractivity contribution in [3.63, 3.8) is 0 Å². The molecule has 140 valence electrons. The number of anilines is 1. The van der Waals surface area contributed by atoms with Gasteiger partial charge in [0.05, 0.1) is 5.69 Å². The molecule has 2 aromatic carbocycles. The van der Waals surface area contributed by atoms with Gasteiger partial charge in [0.1, 0.15) is 5.75 Å². The standard InChI is InChI=1S/C21H21ClN2O2S/c1-12-8-9-13(2)20(14(12)3)26-11-18(25)23-21-24-19(15(4)27-21)16-6-5-7-17(22)10-16/h5-10H,11H2,1-4H3,(H,23,24,25). The fraction of sp³-hybridized carbons (Fsp3) is 0.238. The molecule has 0 radical (unpaired) electrons. The summed E-state index contributed by atoms with van der Waals surface area (Å²) in [5.41, 5.74) is 4.95. The van der Waals surface area contributed by atoms with Gasteiger partial charge >= 0.3 is 0 Å². The molecule has 0 aliphatic rings. The highest BCUT2D eigenvalue weighted by atomic mass is 35.5. The quantitative estimate of drug-likeness (QED) is 0.596. The van der Waals surface area contributed by atoms with Gasteiger partial charge in [0.25, 0.3) is 5.91 Å². The largest absolute Gasteiger partial charge is 0.483 e. The van der Waals surface area contributed by atoms with Gasteiger partial charge in [-0.15, -0.1) is 11.3 Å². The fourth-order valence-corrected chi connectivity index (χ4v) is 3.84. The van der Waals surface area contributed by atoms with E-state index in [4.69, 9.17) is 16.3 Å². The number of carbonyl (C=O) groups is 1. The van der Waals surface area contributed by atoms with Crippen molar-refractivity contribution in [2.24, 2.45) is 0 Å². The van der Waals surface area contributed by atoms with E-state index in [9.17, 15) is 4.79 Å². The fourth-order valence-electron chi connectivity index (χ4n) is 2.79. The summed E-state index contributed by atoms with van der Waals surface area (Å²) in [5.74, 6) is 0.529. The second-order valence-corrected chi connectivity index (χ2v) is 8.06. The Kier molecular flexibility index (Phi) is 5.82. The highest BCUT2D eigenvalue weighted by Gasteiger charge is 2.14. The number of ether oxygens (including phenoxy) is 1. The first-order chi connectivity index (χ1) is 12.8. The third-order valence-corrected chi connectivity index (χ3v) is 5.48. The third-order valence-electron chi connectivity index (χ3n) is 4.36.